The Balaban J connectivity index is 1.65. The number of nitrogens with two attached hydrogens (primary N) is 1. The fraction of sp³-hybridized carbons (Fsp3) is 0.521. The van der Waals surface area contributed by atoms with Crippen LogP contribution in [0.25, 0.3) is 10.9 Å². The fourth-order valence-electron chi connectivity index (χ4n) is 11.7. The first-order valence-electron chi connectivity index (χ1n) is 35.8. The summed E-state index contributed by atoms with van der Waals surface area (Å²) in [5.41, 5.74) is 8.47. The van der Waals surface area contributed by atoms with Crippen LogP contribution in [0, 0.1) is 28.1 Å². The van der Waals surface area contributed by atoms with E-state index >= 15 is 0 Å². The highest BCUT2D eigenvalue weighted by Gasteiger charge is 2.38. The van der Waals surface area contributed by atoms with Crippen molar-refractivity contribution in [2.45, 2.75) is 197 Å². The van der Waals surface area contributed by atoms with Crippen molar-refractivity contribution in [3.63, 3.8) is 0 Å². The summed E-state index contributed by atoms with van der Waals surface area (Å²) >= 11 is 0. The number of hydrogen-bond acceptors (Lipinski definition) is 21. The Bertz CT molecular complexity index is 4280. The van der Waals surface area contributed by atoms with E-state index in [2.05, 4.69) is 85.2 Å². The van der Waals surface area contributed by atoms with Gasteiger partial charge in [0, 0.05) is 79.1 Å². The van der Waals surface area contributed by atoms with E-state index in [9.17, 15) is 91.6 Å². The lowest BCUT2D eigenvalue weighted by molar-refractivity contribution is -0.137. The normalized spacial score (nSPS) is 24.5. The number of carboxylic acid groups (broad SMARTS) is 1. The van der Waals surface area contributed by atoms with Crippen molar-refractivity contribution in [3.05, 3.63) is 89.6 Å². The lowest BCUT2D eigenvalue weighted by Crippen LogP contribution is -2.35. The van der Waals surface area contributed by atoms with Gasteiger partial charge in [0.15, 0.2) is 23.8 Å². The average Bonchev–Trinajstić information content (AvgIpc) is 1.62. The zero-order chi connectivity index (χ0) is 82.6. The number of imidazole rings is 1. The quantitative estimate of drug-likeness (QED) is 0.0135. The number of aliphatic carboxylic acids is 1. The molecule has 0 fully saturated rings. The van der Waals surface area contributed by atoms with Gasteiger partial charge in [-0.25, -0.2) is 69.9 Å². The first-order chi connectivity index (χ1) is 53.0. The van der Waals surface area contributed by atoms with Crippen LogP contribution in [-0.4, -0.2) is 305 Å². The molecule has 1 aliphatic heterocycles. The molecule has 4 aromatic rings. The van der Waals surface area contributed by atoms with Gasteiger partial charge >= 0.3 is 5.97 Å². The number of aromatic amines is 2. The first kappa shape index (κ1) is 89.5. The fourth-order valence-corrected chi connectivity index (χ4v) is 14.0. The number of nitrogens with zero attached hydrogens (tertiary/aromatic N) is 14. The maximum Gasteiger partial charge on any atom is 0.306 e. The zero-order valence-corrected chi connectivity index (χ0v) is 64.3. The predicted molar refractivity (Wildman–Crippen MR) is 437 cm³/mol. The van der Waals surface area contributed by atoms with Gasteiger partial charge in [-0.15, -0.1) is 0 Å². The number of aromatic nitrogens is 3. The highest BCUT2D eigenvalue weighted by Crippen LogP contribution is 2.38. The van der Waals surface area contributed by atoms with E-state index in [1.54, 1.807) is 76.4 Å². The Labute approximate surface area is 651 Å². The third-order valence-electron chi connectivity index (χ3n) is 17.8. The number of rotatable bonds is 24. The van der Waals surface area contributed by atoms with Crippen LogP contribution >= 0.6 is 21.6 Å². The molecule has 610 valence electrons. The van der Waals surface area contributed by atoms with Gasteiger partial charge in [-0.2, -0.15) is 0 Å². The van der Waals surface area contributed by atoms with Crippen LogP contribution < -0.4 is 11.1 Å². The molecule has 2 aliphatic rings. The standard InChI is InChI=1S/C71H101N21O18S2/c1-8-34(4)56(82-37(7)94)69(109)89-51-31-112-111-30-50(67(107)91-57(36(6)93)59(73)99)88-62(102)45(18-13-23-77-71(74)75)83-64(104)48(25-40-28-76-32-80-40)85-60(100)35(5)81-53(96)29-79-61(101)47(24-39-27-78-44-17-12-11-16-42(39)44)86-65(105)49(26-54(97)98)87-63(103)46(21-22-52(72)95)84-70(110)58(43-20-19-38-14-9-10-15-41(38)43)92-68(108)55(33(2)3)90-66(51)106/h9-12,14-17,27-28,32-36,43,45-51,55-58,78,93H,8,13,18-26,29-31H2,1-7H3,(H2,72,95)(H2,73,99)(H,76,80)(H,79,101)(H,81,96)(H,82,94)(H,83,104)(H,84,110)(H,85,100)(H,86,105)(H,87,103)(H,88,102)(H,89,109)(H,90,106)(H,91,107)(H,92,108)(H,97,98)(H4,74,75,77). The van der Waals surface area contributed by atoms with Crippen LogP contribution in [0.1, 0.15) is 122 Å². The lowest BCUT2D eigenvalue weighted by atomic mass is 9.92. The topological polar surface area (TPSA) is 676 Å². The molecule has 0 amide bonds. The molecular weight excluding hydrogens is 1500 g/mol. The van der Waals surface area contributed by atoms with Crippen LogP contribution in [-0.2, 0) is 24.1 Å². The van der Waals surface area contributed by atoms with Crippen molar-refractivity contribution in [1.82, 2.24) is 20.3 Å². The molecule has 0 bridgehead atoms. The van der Waals surface area contributed by atoms with Crippen molar-refractivity contribution >= 4 is 133 Å². The number of aliphatic imine (C=N–C) groups is 13. The molecule has 0 saturated carbocycles. The van der Waals surface area contributed by atoms with E-state index in [0.717, 1.165) is 27.2 Å². The Kier molecular flexibility index (Phi) is 34.6. The number of carbonyl (C=O) groups is 1. The average molecular weight is 1600 g/mol. The molecule has 0 saturated heterocycles. The van der Waals surface area contributed by atoms with Crippen LogP contribution in [0.15, 0.2) is 132 Å². The van der Waals surface area contributed by atoms with Crippen molar-refractivity contribution in [3.8, 4) is 0 Å². The van der Waals surface area contributed by atoms with Crippen molar-refractivity contribution in [2.24, 2.45) is 82.5 Å². The van der Waals surface area contributed by atoms with Crippen LogP contribution in [0.4, 0.5) is 0 Å². The van der Waals surface area contributed by atoms with E-state index < -0.39 is 228 Å². The number of carboxylic acids is 1. The molecule has 3 heterocycles. The number of aryl methyl sites for hydroxylation is 1. The Morgan fingerprint density at radius 2 is 1.31 bits per heavy atom. The molecule has 2 aromatic carbocycles. The predicted octanol–water partition coefficient (Wildman–Crippen LogP) is 8.37. The summed E-state index contributed by atoms with van der Waals surface area (Å²) < 4.78 is 0. The van der Waals surface area contributed by atoms with Gasteiger partial charge in [0.2, 0.25) is 76.7 Å². The monoisotopic (exact) mass is 1600 g/mol. The smallest absolute Gasteiger partial charge is 0.306 e. The number of aliphatic hydroxyl groups excluding tert-OH is 16. The highest BCUT2D eigenvalue weighted by molar-refractivity contribution is 8.76. The van der Waals surface area contributed by atoms with Crippen molar-refractivity contribution < 1.29 is 91.6 Å². The van der Waals surface area contributed by atoms with Gasteiger partial charge in [-0.1, -0.05) is 98.2 Å². The Hall–Kier alpha value is -11.4. The second kappa shape index (κ2) is 43.3. The van der Waals surface area contributed by atoms with E-state index in [1.807, 2.05) is 6.07 Å². The minimum Gasteiger partial charge on any atom is -0.497 e. The molecule has 2 aromatic heterocycles. The Morgan fingerprint density at radius 3 is 1.96 bits per heavy atom. The number of aliphatic hydroxyl groups is 16. The van der Waals surface area contributed by atoms with E-state index in [4.69, 9.17) is 22.0 Å². The molecule has 1 aliphatic carbocycles. The van der Waals surface area contributed by atoms with Crippen LogP contribution in [0.5, 0.6) is 0 Å². The Morgan fingerprint density at radius 1 is 0.688 bits per heavy atom. The SMILES string of the molecule is CCC(C)C(N=C(C)O)C(O)=NC1CSSCC(C(O)=NC(C(=N)O)C(C)O)N=C(O)C(CCCNC(=N)N)N=C(O)C(Cc2cnc[nH]2)N=C(O)C(C)N=C(O)CN=C(O)C(Cc2c[nH]c3ccccc23)N=C(O)C(CC(=O)O)N=C(O)C(CCC(=N)O)N=C(O)C(C2CCc3ccccc32)N=C(O)C(C(C)C)N=C1O. The number of nitrogens with one attached hydrogen (secondary N) is 6. The number of H-pyrrole nitrogens is 2. The summed E-state index contributed by atoms with van der Waals surface area (Å²) in [5, 5.41) is 222. The van der Waals surface area contributed by atoms with E-state index in [1.165, 1.54) is 33.3 Å². The number of para-hydroxylation sites is 1. The lowest BCUT2D eigenvalue weighted by Gasteiger charge is -2.24. The van der Waals surface area contributed by atoms with Crippen LogP contribution in [0.2, 0.25) is 0 Å². The van der Waals surface area contributed by atoms with E-state index in [-0.39, 0.29) is 44.4 Å². The molecule has 0 spiro atoms. The molecule has 0 radical (unpaired) electrons. The summed E-state index contributed by atoms with van der Waals surface area (Å²) in [5.74, 6) is -18.1. The number of hydrogen-bond donors (Lipinski definition) is 24. The molecular formula is C71H101N21O18S2. The summed E-state index contributed by atoms with van der Waals surface area (Å²) in [6, 6.07) is -5.40. The summed E-state index contributed by atoms with van der Waals surface area (Å²) in [7, 11) is 1.77. The molecule has 6 rings (SSSR count). The van der Waals surface area contributed by atoms with Gasteiger partial charge in [0.25, 0.3) is 0 Å². The van der Waals surface area contributed by atoms with Gasteiger partial charge in [-0.05, 0) is 80.5 Å². The second-order valence-electron chi connectivity index (χ2n) is 26.9. The van der Waals surface area contributed by atoms with Gasteiger partial charge in [-0.3, -0.25) is 21.0 Å². The number of guanidine groups is 1. The van der Waals surface area contributed by atoms with Gasteiger partial charge in [0.05, 0.1) is 18.9 Å². The number of benzene rings is 2. The maximum absolute atomic E-state index is 12.7. The largest absolute Gasteiger partial charge is 0.497 e. The molecule has 15 unspecified atom stereocenters. The van der Waals surface area contributed by atoms with Gasteiger partial charge in [0.1, 0.15) is 73.0 Å². The number of fused-ring (bicyclic) bond motifs is 2. The molecule has 15 atom stereocenters. The molecule has 112 heavy (non-hydrogen) atoms. The first-order valence-corrected chi connectivity index (χ1v) is 38.3. The maximum atomic E-state index is 12.7. The van der Waals surface area contributed by atoms with Crippen molar-refractivity contribution in [2.75, 3.05) is 24.6 Å². The zero-order valence-electron chi connectivity index (χ0n) is 62.7. The molecule has 39 nitrogen and oxygen atoms in total. The summed E-state index contributed by atoms with van der Waals surface area (Å²) in [6.45, 7) is 9.56. The van der Waals surface area contributed by atoms with E-state index in [0.29, 0.717) is 40.6 Å². The summed E-state index contributed by atoms with van der Waals surface area (Å²) in [6.07, 6.45) is 0.844. The molecule has 25 N–H and O–H groups in total. The highest BCUT2D eigenvalue weighted by atomic mass is 33.1. The van der Waals surface area contributed by atoms with Crippen molar-refractivity contribution in [1.29, 1.82) is 16.2 Å². The van der Waals surface area contributed by atoms with Gasteiger partial charge < -0.3 is 108 Å². The van der Waals surface area contributed by atoms with Crippen LogP contribution in [0.3, 0.4) is 0 Å². The minimum atomic E-state index is -2.02. The third kappa shape index (κ3) is 27.3. The molecule has 41 heteroatoms. The third-order valence-corrected chi connectivity index (χ3v) is 20.2. The summed E-state index contributed by atoms with van der Waals surface area (Å²) in [4.78, 5) is 78.5. The minimum absolute atomic E-state index is 0.00242. The second-order valence-corrected chi connectivity index (χ2v) is 29.5.